The highest BCUT2D eigenvalue weighted by Crippen LogP contribution is 2.13. The van der Waals surface area contributed by atoms with Crippen molar-refractivity contribution in [1.29, 1.82) is 0 Å². The quantitative estimate of drug-likeness (QED) is 0.812. The van der Waals surface area contributed by atoms with Gasteiger partial charge in [-0.1, -0.05) is 30.3 Å². The number of carbonyl (C=O) groups is 2. The molecule has 1 unspecified atom stereocenters. The minimum Gasteiger partial charge on any atom is -0.465 e. The number of benzene rings is 1. The molecule has 0 saturated carbocycles. The minimum atomic E-state index is -0.957. The van der Waals surface area contributed by atoms with Gasteiger partial charge < -0.3 is 14.8 Å². The fourth-order valence-electron chi connectivity index (χ4n) is 2.16. The number of rotatable bonds is 3. The standard InChI is InChI=1S/C13H16N2O3/c16-10-12-9-15(13(17)18)7-6-14(12)8-11-4-2-1-3-5-11/h1-5,10,12H,6-9H2,(H,17,18). The molecule has 1 amide bonds. The Labute approximate surface area is 106 Å². The summed E-state index contributed by atoms with van der Waals surface area (Å²) in [5.74, 6) is 0. The van der Waals surface area contributed by atoms with Crippen LogP contribution >= 0.6 is 0 Å². The number of carbonyl (C=O) groups excluding carboxylic acids is 1. The van der Waals surface area contributed by atoms with E-state index >= 15 is 0 Å². The molecule has 5 nitrogen and oxygen atoms in total. The molecule has 0 bridgehead atoms. The van der Waals surface area contributed by atoms with Crippen molar-refractivity contribution < 1.29 is 14.7 Å². The number of hydrogen-bond donors (Lipinski definition) is 1. The number of carboxylic acid groups (broad SMARTS) is 1. The van der Waals surface area contributed by atoms with Crippen LogP contribution in [-0.2, 0) is 11.3 Å². The van der Waals surface area contributed by atoms with E-state index < -0.39 is 6.09 Å². The highest BCUT2D eigenvalue weighted by Gasteiger charge is 2.28. The molecule has 0 radical (unpaired) electrons. The molecule has 2 rings (SSSR count). The van der Waals surface area contributed by atoms with E-state index in [1.165, 1.54) is 4.90 Å². The monoisotopic (exact) mass is 248 g/mol. The number of piperazine rings is 1. The van der Waals surface area contributed by atoms with Crippen molar-refractivity contribution in [3.8, 4) is 0 Å². The summed E-state index contributed by atoms with van der Waals surface area (Å²) < 4.78 is 0. The van der Waals surface area contributed by atoms with Gasteiger partial charge in [-0.05, 0) is 5.56 Å². The molecule has 1 saturated heterocycles. The van der Waals surface area contributed by atoms with Crippen LogP contribution in [0.4, 0.5) is 4.79 Å². The van der Waals surface area contributed by atoms with E-state index in [2.05, 4.69) is 0 Å². The van der Waals surface area contributed by atoms with Crippen molar-refractivity contribution in [3.05, 3.63) is 35.9 Å². The van der Waals surface area contributed by atoms with Gasteiger partial charge in [0.1, 0.15) is 6.29 Å². The molecule has 0 aromatic heterocycles. The van der Waals surface area contributed by atoms with Gasteiger partial charge >= 0.3 is 6.09 Å². The van der Waals surface area contributed by atoms with Gasteiger partial charge in [0.25, 0.3) is 0 Å². The van der Waals surface area contributed by atoms with Gasteiger partial charge in [-0.15, -0.1) is 0 Å². The summed E-state index contributed by atoms with van der Waals surface area (Å²) in [5, 5.41) is 8.92. The molecule has 1 N–H and O–H groups in total. The van der Waals surface area contributed by atoms with Gasteiger partial charge in [-0.2, -0.15) is 0 Å². The molecule has 1 aliphatic heterocycles. The second kappa shape index (κ2) is 5.64. The van der Waals surface area contributed by atoms with Crippen molar-refractivity contribution in [2.75, 3.05) is 19.6 Å². The van der Waals surface area contributed by atoms with E-state index in [0.29, 0.717) is 19.6 Å². The Morgan fingerprint density at radius 2 is 2.06 bits per heavy atom. The topological polar surface area (TPSA) is 60.9 Å². The highest BCUT2D eigenvalue weighted by atomic mass is 16.4. The first-order valence-corrected chi connectivity index (χ1v) is 5.92. The first-order chi connectivity index (χ1) is 8.70. The zero-order chi connectivity index (χ0) is 13.0. The number of hydrogen-bond acceptors (Lipinski definition) is 3. The Morgan fingerprint density at radius 3 is 2.67 bits per heavy atom. The molecular weight excluding hydrogens is 232 g/mol. The predicted molar refractivity (Wildman–Crippen MR) is 66.3 cm³/mol. The number of aldehydes is 1. The fourth-order valence-corrected chi connectivity index (χ4v) is 2.16. The van der Waals surface area contributed by atoms with E-state index in [4.69, 9.17) is 5.11 Å². The van der Waals surface area contributed by atoms with E-state index in [1.54, 1.807) is 0 Å². The molecule has 5 heteroatoms. The summed E-state index contributed by atoms with van der Waals surface area (Å²) in [6.07, 6.45) is -0.126. The van der Waals surface area contributed by atoms with Gasteiger partial charge in [0.15, 0.2) is 0 Å². The molecule has 1 aliphatic rings. The Kier molecular flexibility index (Phi) is 3.94. The van der Waals surface area contributed by atoms with Crippen LogP contribution in [0.1, 0.15) is 5.56 Å². The summed E-state index contributed by atoms with van der Waals surface area (Å²) in [4.78, 5) is 25.2. The Morgan fingerprint density at radius 1 is 1.33 bits per heavy atom. The summed E-state index contributed by atoms with van der Waals surface area (Å²) in [6.45, 7) is 1.97. The van der Waals surface area contributed by atoms with Gasteiger partial charge in [0, 0.05) is 26.2 Å². The first kappa shape index (κ1) is 12.6. The third-order valence-corrected chi connectivity index (χ3v) is 3.19. The molecule has 0 spiro atoms. The average Bonchev–Trinajstić information content (AvgIpc) is 2.40. The zero-order valence-corrected chi connectivity index (χ0v) is 10.0. The summed E-state index contributed by atoms with van der Waals surface area (Å²) in [7, 11) is 0. The lowest BCUT2D eigenvalue weighted by Gasteiger charge is -2.37. The fraction of sp³-hybridized carbons (Fsp3) is 0.385. The van der Waals surface area contributed by atoms with E-state index in [0.717, 1.165) is 11.8 Å². The van der Waals surface area contributed by atoms with Crippen molar-refractivity contribution in [1.82, 2.24) is 9.80 Å². The molecule has 1 heterocycles. The summed E-state index contributed by atoms with van der Waals surface area (Å²) in [5.41, 5.74) is 1.13. The third-order valence-electron chi connectivity index (χ3n) is 3.19. The molecule has 0 aliphatic carbocycles. The van der Waals surface area contributed by atoms with Crippen molar-refractivity contribution >= 4 is 12.4 Å². The predicted octanol–water partition coefficient (Wildman–Crippen LogP) is 1.05. The lowest BCUT2D eigenvalue weighted by atomic mass is 10.1. The SMILES string of the molecule is O=CC1CN(C(=O)O)CCN1Cc1ccccc1. The summed E-state index contributed by atoms with van der Waals surface area (Å²) >= 11 is 0. The normalized spacial score (nSPS) is 20.7. The Balaban J connectivity index is 2.01. The molecule has 1 aromatic carbocycles. The number of nitrogens with zero attached hydrogens (tertiary/aromatic N) is 2. The van der Waals surface area contributed by atoms with Crippen LogP contribution in [-0.4, -0.2) is 53.0 Å². The van der Waals surface area contributed by atoms with Gasteiger partial charge in [0.05, 0.1) is 6.04 Å². The Hall–Kier alpha value is -1.88. The second-order valence-corrected chi connectivity index (χ2v) is 4.39. The van der Waals surface area contributed by atoms with E-state index in [9.17, 15) is 9.59 Å². The van der Waals surface area contributed by atoms with Crippen LogP contribution in [0.2, 0.25) is 0 Å². The van der Waals surface area contributed by atoms with E-state index in [-0.39, 0.29) is 12.6 Å². The lowest BCUT2D eigenvalue weighted by Crippen LogP contribution is -2.54. The molecule has 1 aromatic rings. The Bertz CT molecular complexity index is 422. The van der Waals surface area contributed by atoms with Gasteiger partial charge in [-0.25, -0.2) is 4.79 Å². The molecule has 18 heavy (non-hydrogen) atoms. The summed E-state index contributed by atoms with van der Waals surface area (Å²) in [6, 6.07) is 9.52. The molecule has 1 fully saturated rings. The van der Waals surface area contributed by atoms with Gasteiger partial charge in [-0.3, -0.25) is 4.90 Å². The highest BCUT2D eigenvalue weighted by molar-refractivity contribution is 5.67. The van der Waals surface area contributed by atoms with Crippen molar-refractivity contribution in [2.24, 2.45) is 0 Å². The maximum absolute atomic E-state index is 11.1. The average molecular weight is 248 g/mol. The lowest BCUT2D eigenvalue weighted by molar-refractivity contribution is -0.114. The first-order valence-electron chi connectivity index (χ1n) is 5.92. The van der Waals surface area contributed by atoms with Gasteiger partial charge in [0.2, 0.25) is 0 Å². The maximum atomic E-state index is 11.1. The van der Waals surface area contributed by atoms with Crippen LogP contribution in [0.5, 0.6) is 0 Å². The van der Waals surface area contributed by atoms with Crippen LogP contribution in [0, 0.1) is 0 Å². The van der Waals surface area contributed by atoms with E-state index in [1.807, 2.05) is 35.2 Å². The van der Waals surface area contributed by atoms with Crippen LogP contribution in [0.3, 0.4) is 0 Å². The van der Waals surface area contributed by atoms with Crippen molar-refractivity contribution in [2.45, 2.75) is 12.6 Å². The minimum absolute atomic E-state index is 0.256. The maximum Gasteiger partial charge on any atom is 0.407 e. The zero-order valence-electron chi connectivity index (χ0n) is 10.0. The largest absolute Gasteiger partial charge is 0.465 e. The van der Waals surface area contributed by atoms with Crippen LogP contribution in [0.25, 0.3) is 0 Å². The molecular formula is C13H16N2O3. The molecule has 96 valence electrons. The second-order valence-electron chi connectivity index (χ2n) is 4.39. The van der Waals surface area contributed by atoms with Crippen molar-refractivity contribution in [3.63, 3.8) is 0 Å². The van der Waals surface area contributed by atoms with Crippen LogP contribution in [0.15, 0.2) is 30.3 Å². The smallest absolute Gasteiger partial charge is 0.407 e. The van der Waals surface area contributed by atoms with Crippen LogP contribution < -0.4 is 0 Å². The number of amides is 1. The molecule has 1 atom stereocenters. The third kappa shape index (κ3) is 2.87.